The van der Waals surface area contributed by atoms with Gasteiger partial charge in [0.25, 0.3) is 0 Å². The van der Waals surface area contributed by atoms with Crippen molar-refractivity contribution in [2.45, 2.75) is 13.0 Å². The lowest BCUT2D eigenvalue weighted by Crippen LogP contribution is -2.40. The van der Waals surface area contributed by atoms with E-state index in [0.29, 0.717) is 11.3 Å². The smallest absolute Gasteiger partial charge is 0.238 e. The minimum Gasteiger partial charge on any atom is -0.360 e. The summed E-state index contributed by atoms with van der Waals surface area (Å²) in [6.07, 6.45) is 1.73. The first-order valence-corrected chi connectivity index (χ1v) is 9.11. The van der Waals surface area contributed by atoms with Crippen molar-refractivity contribution < 1.29 is 9.59 Å². The van der Waals surface area contributed by atoms with Gasteiger partial charge in [0.05, 0.1) is 18.3 Å². The summed E-state index contributed by atoms with van der Waals surface area (Å²) in [5.74, 6) is -0.184. The van der Waals surface area contributed by atoms with Gasteiger partial charge in [0, 0.05) is 27.1 Å². The number of carbonyl (C=O) groups is 2. The van der Waals surface area contributed by atoms with Gasteiger partial charge < -0.3 is 10.3 Å². The number of hydrogen-bond donors (Lipinski definition) is 2. The van der Waals surface area contributed by atoms with Crippen LogP contribution in [0.1, 0.15) is 17.3 Å². The van der Waals surface area contributed by atoms with Crippen LogP contribution >= 0.6 is 15.9 Å². The Kier molecular flexibility index (Phi) is 5.54. The highest BCUT2D eigenvalue weighted by atomic mass is 79.9. The van der Waals surface area contributed by atoms with E-state index >= 15 is 0 Å². The molecule has 0 aliphatic carbocycles. The van der Waals surface area contributed by atoms with Gasteiger partial charge >= 0.3 is 0 Å². The molecule has 0 bridgehead atoms. The van der Waals surface area contributed by atoms with Gasteiger partial charge in [-0.15, -0.1) is 0 Å². The molecule has 5 nitrogen and oxygen atoms in total. The molecule has 6 heteroatoms. The van der Waals surface area contributed by atoms with Crippen LogP contribution in [0.15, 0.2) is 59.2 Å². The lowest BCUT2D eigenvalue weighted by Gasteiger charge is -2.23. The Labute approximate surface area is 160 Å². The first-order chi connectivity index (χ1) is 12.5. The molecule has 1 aromatic heterocycles. The maximum Gasteiger partial charge on any atom is 0.238 e. The average molecular weight is 414 g/mol. The van der Waals surface area contributed by atoms with Crippen LogP contribution in [0.3, 0.4) is 0 Å². The van der Waals surface area contributed by atoms with E-state index in [1.165, 1.54) is 0 Å². The average Bonchev–Trinajstić information content (AvgIpc) is 3.06. The Hall–Kier alpha value is -2.44. The first kappa shape index (κ1) is 18.4. The van der Waals surface area contributed by atoms with Crippen LogP contribution in [0.4, 0.5) is 5.69 Å². The number of carbonyl (C=O) groups excluding carboxylic acids is 2. The molecule has 3 aromatic rings. The zero-order chi connectivity index (χ0) is 18.7. The number of benzene rings is 2. The second kappa shape index (κ2) is 7.85. The molecule has 26 heavy (non-hydrogen) atoms. The van der Waals surface area contributed by atoms with E-state index in [0.717, 1.165) is 15.4 Å². The minimum absolute atomic E-state index is 0.0151. The predicted molar refractivity (Wildman–Crippen MR) is 107 cm³/mol. The summed E-state index contributed by atoms with van der Waals surface area (Å²) >= 11 is 3.41. The number of aromatic nitrogens is 1. The Morgan fingerprint density at radius 1 is 1.15 bits per heavy atom. The Morgan fingerprint density at radius 2 is 1.85 bits per heavy atom. The summed E-state index contributed by atoms with van der Waals surface area (Å²) in [5.41, 5.74) is 2.28. The van der Waals surface area contributed by atoms with Gasteiger partial charge in [-0.05, 0) is 48.1 Å². The molecular weight excluding hydrogens is 394 g/mol. The molecule has 3 rings (SSSR count). The van der Waals surface area contributed by atoms with Crippen molar-refractivity contribution in [3.05, 3.63) is 64.8 Å². The molecule has 2 N–H and O–H groups in total. The van der Waals surface area contributed by atoms with Gasteiger partial charge in [-0.3, -0.25) is 14.5 Å². The molecule has 1 heterocycles. The molecule has 0 aliphatic heterocycles. The number of ketones is 1. The SMILES string of the molecule is C[C@H](C(=O)c1c[nH]c2ccccc12)N(C)CC(=O)Nc1ccccc1Br. The highest BCUT2D eigenvalue weighted by Gasteiger charge is 2.23. The molecule has 0 fully saturated rings. The molecule has 0 spiro atoms. The molecule has 1 amide bonds. The van der Waals surface area contributed by atoms with Crippen LogP contribution in [0.2, 0.25) is 0 Å². The Balaban J connectivity index is 1.67. The maximum atomic E-state index is 12.9. The van der Waals surface area contributed by atoms with Gasteiger partial charge in [-0.25, -0.2) is 0 Å². The maximum absolute atomic E-state index is 12.9. The number of anilines is 1. The van der Waals surface area contributed by atoms with Crippen LogP contribution in [0.5, 0.6) is 0 Å². The third-order valence-corrected chi connectivity index (χ3v) is 5.13. The Morgan fingerprint density at radius 3 is 2.62 bits per heavy atom. The second-order valence-corrected chi connectivity index (χ2v) is 7.09. The van der Waals surface area contributed by atoms with Crippen LogP contribution < -0.4 is 5.32 Å². The number of fused-ring (bicyclic) bond motifs is 1. The molecule has 134 valence electrons. The normalized spacial score (nSPS) is 12.3. The summed E-state index contributed by atoms with van der Waals surface area (Å²) in [6.45, 7) is 1.94. The monoisotopic (exact) mass is 413 g/mol. The van der Waals surface area contributed by atoms with Crippen LogP contribution in [-0.4, -0.2) is 41.2 Å². The Bertz CT molecular complexity index is 951. The molecule has 0 unspecified atom stereocenters. The van der Waals surface area contributed by atoms with E-state index < -0.39 is 6.04 Å². The highest BCUT2D eigenvalue weighted by Crippen LogP contribution is 2.22. The highest BCUT2D eigenvalue weighted by molar-refractivity contribution is 9.10. The quantitative estimate of drug-likeness (QED) is 0.598. The molecule has 0 aliphatic rings. The van der Waals surface area contributed by atoms with E-state index in [2.05, 4.69) is 26.2 Å². The number of amides is 1. The van der Waals surface area contributed by atoms with Crippen molar-refractivity contribution in [1.82, 2.24) is 9.88 Å². The number of para-hydroxylation sites is 2. The largest absolute Gasteiger partial charge is 0.360 e. The molecule has 0 saturated heterocycles. The second-order valence-electron chi connectivity index (χ2n) is 6.23. The number of halogens is 1. The number of nitrogens with zero attached hydrogens (tertiary/aromatic N) is 1. The summed E-state index contributed by atoms with van der Waals surface area (Å²) in [4.78, 5) is 30.0. The van der Waals surface area contributed by atoms with Crippen LogP contribution in [0, 0.1) is 0 Å². The minimum atomic E-state index is -0.417. The third-order valence-electron chi connectivity index (χ3n) is 4.44. The van der Waals surface area contributed by atoms with Gasteiger partial charge in [0.2, 0.25) is 5.91 Å². The lowest BCUT2D eigenvalue weighted by molar-refractivity contribution is -0.117. The van der Waals surface area contributed by atoms with E-state index in [4.69, 9.17) is 0 Å². The third kappa shape index (κ3) is 3.86. The van der Waals surface area contributed by atoms with Crippen molar-refractivity contribution in [3.63, 3.8) is 0 Å². The summed E-state index contributed by atoms with van der Waals surface area (Å²) in [6, 6.07) is 14.7. The van der Waals surface area contributed by atoms with E-state index in [-0.39, 0.29) is 18.2 Å². The number of H-pyrrole nitrogens is 1. The molecular formula is C20H20BrN3O2. The number of Topliss-reactive ketones (excluding diaryl/α,β-unsaturated/α-hetero) is 1. The van der Waals surface area contributed by atoms with Crippen molar-refractivity contribution in [3.8, 4) is 0 Å². The summed E-state index contributed by atoms with van der Waals surface area (Å²) in [5, 5.41) is 3.75. The van der Waals surface area contributed by atoms with Crippen LogP contribution in [-0.2, 0) is 4.79 Å². The zero-order valence-corrected chi connectivity index (χ0v) is 16.2. The van der Waals surface area contributed by atoms with Crippen molar-refractivity contribution in [2.75, 3.05) is 18.9 Å². The molecule has 1 atom stereocenters. The number of hydrogen-bond acceptors (Lipinski definition) is 3. The summed E-state index contributed by atoms with van der Waals surface area (Å²) in [7, 11) is 1.77. The zero-order valence-electron chi connectivity index (χ0n) is 14.6. The predicted octanol–water partition coefficient (Wildman–Crippen LogP) is 4.07. The molecule has 2 aromatic carbocycles. The van der Waals surface area contributed by atoms with Gasteiger partial charge in [-0.1, -0.05) is 30.3 Å². The lowest BCUT2D eigenvalue weighted by atomic mass is 10.0. The molecule has 0 saturated carbocycles. The fourth-order valence-corrected chi connectivity index (χ4v) is 3.20. The van der Waals surface area contributed by atoms with Crippen molar-refractivity contribution >= 4 is 44.2 Å². The molecule has 0 radical (unpaired) electrons. The van der Waals surface area contributed by atoms with Gasteiger partial charge in [0.15, 0.2) is 5.78 Å². The standard InChI is InChI=1S/C20H20BrN3O2/c1-13(20(26)15-11-22-17-9-5-3-7-14(15)17)24(2)12-19(25)23-18-10-6-4-8-16(18)21/h3-11,13,22H,12H2,1-2H3,(H,23,25)/t13-/m1/s1. The van der Waals surface area contributed by atoms with Gasteiger partial charge in [-0.2, -0.15) is 0 Å². The topological polar surface area (TPSA) is 65.2 Å². The number of likely N-dealkylation sites (N-methyl/N-ethyl adjacent to an activating group) is 1. The first-order valence-electron chi connectivity index (χ1n) is 8.32. The van der Waals surface area contributed by atoms with Crippen LogP contribution in [0.25, 0.3) is 10.9 Å². The van der Waals surface area contributed by atoms with Crippen molar-refractivity contribution in [1.29, 1.82) is 0 Å². The van der Waals surface area contributed by atoms with Gasteiger partial charge in [0.1, 0.15) is 0 Å². The number of nitrogens with one attached hydrogen (secondary N) is 2. The van der Waals surface area contributed by atoms with E-state index in [9.17, 15) is 9.59 Å². The van der Waals surface area contributed by atoms with E-state index in [1.807, 2.05) is 55.5 Å². The van der Waals surface area contributed by atoms with E-state index in [1.54, 1.807) is 18.1 Å². The van der Waals surface area contributed by atoms with Crippen molar-refractivity contribution in [2.24, 2.45) is 0 Å². The fraction of sp³-hybridized carbons (Fsp3) is 0.200. The number of rotatable bonds is 6. The summed E-state index contributed by atoms with van der Waals surface area (Å²) < 4.78 is 0.818. The number of aromatic amines is 1. The fourth-order valence-electron chi connectivity index (χ4n) is 2.82.